The molecule has 0 aromatic carbocycles. The van der Waals surface area contributed by atoms with Gasteiger partial charge in [-0.25, -0.2) is 9.97 Å². The summed E-state index contributed by atoms with van der Waals surface area (Å²) in [4.78, 5) is 13.4. The van der Waals surface area contributed by atoms with Gasteiger partial charge < -0.3 is 10.6 Å². The Morgan fingerprint density at radius 1 is 1.28 bits per heavy atom. The summed E-state index contributed by atoms with van der Waals surface area (Å²) >= 11 is 0. The molecule has 2 aliphatic heterocycles. The first-order valence-corrected chi connectivity index (χ1v) is 6.82. The van der Waals surface area contributed by atoms with Gasteiger partial charge in [0, 0.05) is 31.2 Å². The van der Waals surface area contributed by atoms with E-state index in [2.05, 4.69) is 26.7 Å². The van der Waals surface area contributed by atoms with Crippen molar-refractivity contribution in [3.63, 3.8) is 0 Å². The zero-order valence-electron chi connectivity index (χ0n) is 10.9. The molecule has 5 heteroatoms. The SMILES string of the molecule is CC1CN2CCCCC2CN1c1cc(N)ncn1. The summed E-state index contributed by atoms with van der Waals surface area (Å²) < 4.78 is 0. The normalized spacial score (nSPS) is 29.1. The van der Waals surface area contributed by atoms with Crippen molar-refractivity contribution in [2.45, 2.75) is 38.3 Å². The van der Waals surface area contributed by atoms with Gasteiger partial charge in [0.1, 0.15) is 18.0 Å². The summed E-state index contributed by atoms with van der Waals surface area (Å²) in [6.07, 6.45) is 5.58. The van der Waals surface area contributed by atoms with Crippen LogP contribution in [0.4, 0.5) is 11.6 Å². The van der Waals surface area contributed by atoms with E-state index < -0.39 is 0 Å². The largest absolute Gasteiger partial charge is 0.384 e. The second-order valence-corrected chi connectivity index (χ2v) is 5.45. The van der Waals surface area contributed by atoms with Crippen molar-refractivity contribution in [3.8, 4) is 0 Å². The maximum atomic E-state index is 5.75. The minimum Gasteiger partial charge on any atom is -0.384 e. The molecular weight excluding hydrogens is 226 g/mol. The number of hydrogen-bond donors (Lipinski definition) is 1. The zero-order chi connectivity index (χ0) is 12.5. The molecule has 0 aliphatic carbocycles. The maximum Gasteiger partial charge on any atom is 0.134 e. The monoisotopic (exact) mass is 247 g/mol. The van der Waals surface area contributed by atoms with Gasteiger partial charge in [0.05, 0.1) is 0 Å². The van der Waals surface area contributed by atoms with Crippen LogP contribution in [-0.4, -0.2) is 46.6 Å². The molecule has 2 aliphatic rings. The summed E-state index contributed by atoms with van der Waals surface area (Å²) in [5.41, 5.74) is 5.75. The van der Waals surface area contributed by atoms with Crippen LogP contribution in [0.1, 0.15) is 26.2 Å². The van der Waals surface area contributed by atoms with Gasteiger partial charge in [0.2, 0.25) is 0 Å². The predicted octanol–water partition coefficient (Wildman–Crippen LogP) is 1.12. The van der Waals surface area contributed by atoms with Crippen LogP contribution in [0, 0.1) is 0 Å². The summed E-state index contributed by atoms with van der Waals surface area (Å²) in [7, 11) is 0. The molecule has 98 valence electrons. The number of nitrogens with zero attached hydrogens (tertiary/aromatic N) is 4. The van der Waals surface area contributed by atoms with E-state index in [1.54, 1.807) is 6.33 Å². The maximum absolute atomic E-state index is 5.75. The highest BCUT2D eigenvalue weighted by molar-refractivity contribution is 5.47. The Morgan fingerprint density at radius 2 is 2.17 bits per heavy atom. The van der Waals surface area contributed by atoms with Gasteiger partial charge in [-0.05, 0) is 26.3 Å². The Labute approximate surface area is 108 Å². The lowest BCUT2D eigenvalue weighted by Gasteiger charge is -2.48. The number of rotatable bonds is 1. The molecule has 0 spiro atoms. The van der Waals surface area contributed by atoms with Crippen LogP contribution >= 0.6 is 0 Å². The highest BCUT2D eigenvalue weighted by Gasteiger charge is 2.33. The molecule has 18 heavy (non-hydrogen) atoms. The van der Waals surface area contributed by atoms with E-state index >= 15 is 0 Å². The Bertz CT molecular complexity index is 422. The fourth-order valence-corrected chi connectivity index (χ4v) is 3.19. The average Bonchev–Trinajstić information content (AvgIpc) is 2.38. The minimum absolute atomic E-state index is 0.494. The summed E-state index contributed by atoms with van der Waals surface area (Å²) in [6.45, 7) is 5.73. The third kappa shape index (κ3) is 2.14. The molecule has 2 fully saturated rings. The molecule has 3 heterocycles. The van der Waals surface area contributed by atoms with Gasteiger partial charge >= 0.3 is 0 Å². The van der Waals surface area contributed by atoms with Crippen molar-refractivity contribution >= 4 is 11.6 Å². The Morgan fingerprint density at radius 3 is 3.00 bits per heavy atom. The minimum atomic E-state index is 0.494. The van der Waals surface area contributed by atoms with E-state index in [0.29, 0.717) is 17.9 Å². The van der Waals surface area contributed by atoms with Gasteiger partial charge in [0.15, 0.2) is 0 Å². The fraction of sp³-hybridized carbons (Fsp3) is 0.692. The number of hydrogen-bond acceptors (Lipinski definition) is 5. The van der Waals surface area contributed by atoms with Crippen LogP contribution in [0.15, 0.2) is 12.4 Å². The van der Waals surface area contributed by atoms with Crippen LogP contribution in [-0.2, 0) is 0 Å². The topological polar surface area (TPSA) is 58.3 Å². The van der Waals surface area contributed by atoms with Crippen molar-refractivity contribution in [2.75, 3.05) is 30.3 Å². The van der Waals surface area contributed by atoms with Gasteiger partial charge in [0.25, 0.3) is 0 Å². The molecule has 2 N–H and O–H groups in total. The quantitative estimate of drug-likeness (QED) is 0.806. The molecule has 0 amide bonds. The lowest BCUT2D eigenvalue weighted by atomic mass is 9.97. The van der Waals surface area contributed by atoms with Crippen molar-refractivity contribution in [1.29, 1.82) is 0 Å². The smallest absolute Gasteiger partial charge is 0.134 e. The van der Waals surface area contributed by atoms with E-state index in [1.807, 2.05) is 6.07 Å². The van der Waals surface area contributed by atoms with Gasteiger partial charge in [-0.1, -0.05) is 6.42 Å². The molecule has 0 bridgehead atoms. The number of nitrogens with two attached hydrogens (primary N) is 1. The van der Waals surface area contributed by atoms with E-state index in [0.717, 1.165) is 18.9 Å². The predicted molar refractivity (Wildman–Crippen MR) is 72.5 cm³/mol. The van der Waals surface area contributed by atoms with Crippen LogP contribution in [0.25, 0.3) is 0 Å². The van der Waals surface area contributed by atoms with Crippen LogP contribution < -0.4 is 10.6 Å². The van der Waals surface area contributed by atoms with Crippen molar-refractivity contribution in [1.82, 2.24) is 14.9 Å². The molecule has 2 saturated heterocycles. The second kappa shape index (κ2) is 4.72. The Hall–Kier alpha value is -1.36. The summed E-state index contributed by atoms with van der Waals surface area (Å²) in [5.74, 6) is 1.53. The Kier molecular flexibility index (Phi) is 3.07. The number of nitrogen functional groups attached to an aromatic ring is 1. The first-order valence-electron chi connectivity index (χ1n) is 6.82. The van der Waals surface area contributed by atoms with E-state index in [4.69, 9.17) is 5.73 Å². The molecule has 2 unspecified atom stereocenters. The number of piperazine rings is 1. The third-order valence-electron chi connectivity index (χ3n) is 4.16. The van der Waals surface area contributed by atoms with Gasteiger partial charge in [-0.15, -0.1) is 0 Å². The molecule has 3 rings (SSSR count). The average molecular weight is 247 g/mol. The number of piperidine rings is 1. The zero-order valence-corrected chi connectivity index (χ0v) is 10.9. The number of aromatic nitrogens is 2. The Balaban J connectivity index is 1.80. The van der Waals surface area contributed by atoms with Crippen molar-refractivity contribution in [2.24, 2.45) is 0 Å². The van der Waals surface area contributed by atoms with Crippen LogP contribution in [0.5, 0.6) is 0 Å². The van der Waals surface area contributed by atoms with Crippen LogP contribution in [0.3, 0.4) is 0 Å². The second-order valence-electron chi connectivity index (χ2n) is 5.45. The third-order valence-corrected chi connectivity index (χ3v) is 4.16. The summed E-state index contributed by atoms with van der Waals surface area (Å²) in [5, 5.41) is 0. The molecule has 0 radical (unpaired) electrons. The van der Waals surface area contributed by atoms with Crippen LogP contribution in [0.2, 0.25) is 0 Å². The number of anilines is 2. The van der Waals surface area contributed by atoms with E-state index in [-0.39, 0.29) is 0 Å². The van der Waals surface area contributed by atoms with E-state index in [1.165, 1.54) is 25.8 Å². The standard InChI is InChI=1S/C13H21N5/c1-10-7-17-5-3-2-4-11(17)8-18(10)13-6-12(14)15-9-16-13/h6,9-11H,2-5,7-8H2,1H3,(H2,14,15,16). The highest BCUT2D eigenvalue weighted by atomic mass is 15.3. The number of fused-ring (bicyclic) bond motifs is 1. The first-order chi connectivity index (χ1) is 8.74. The van der Waals surface area contributed by atoms with Crippen molar-refractivity contribution in [3.05, 3.63) is 12.4 Å². The first kappa shape index (κ1) is 11.7. The molecule has 1 aromatic rings. The lowest BCUT2D eigenvalue weighted by molar-refractivity contribution is 0.115. The summed E-state index contributed by atoms with van der Waals surface area (Å²) in [6, 6.07) is 3.06. The lowest BCUT2D eigenvalue weighted by Crippen LogP contribution is -2.59. The molecule has 0 saturated carbocycles. The van der Waals surface area contributed by atoms with Gasteiger partial charge in [-0.3, -0.25) is 4.90 Å². The van der Waals surface area contributed by atoms with E-state index in [9.17, 15) is 0 Å². The molecule has 2 atom stereocenters. The van der Waals surface area contributed by atoms with Crippen molar-refractivity contribution < 1.29 is 0 Å². The molecule has 1 aromatic heterocycles. The fourth-order valence-electron chi connectivity index (χ4n) is 3.19. The van der Waals surface area contributed by atoms with Gasteiger partial charge in [-0.2, -0.15) is 0 Å². The highest BCUT2D eigenvalue weighted by Crippen LogP contribution is 2.27. The molecular formula is C13H21N5. The molecule has 5 nitrogen and oxygen atoms in total.